The van der Waals surface area contributed by atoms with E-state index in [1.807, 2.05) is 19.1 Å². The van der Waals surface area contributed by atoms with Crippen molar-refractivity contribution in [2.24, 2.45) is 0 Å². The van der Waals surface area contributed by atoms with Crippen LogP contribution in [0.1, 0.15) is 24.9 Å². The van der Waals surface area contributed by atoms with Crippen LogP contribution in [-0.2, 0) is 16.6 Å². The standard InChI is InChI=1S/C11H20N2O3S/c1-3-17(14,15)13-8-4-7-12-9-11-6-5-10(2)16-11/h5-6,12-13H,3-4,7-9H2,1-2H3. The van der Waals surface area contributed by atoms with Crippen molar-refractivity contribution >= 4 is 10.0 Å². The van der Waals surface area contributed by atoms with Gasteiger partial charge in [-0.2, -0.15) is 0 Å². The van der Waals surface area contributed by atoms with Gasteiger partial charge in [-0.25, -0.2) is 13.1 Å². The van der Waals surface area contributed by atoms with Crippen molar-refractivity contribution in [2.75, 3.05) is 18.8 Å². The van der Waals surface area contributed by atoms with E-state index in [0.717, 1.165) is 24.5 Å². The zero-order valence-electron chi connectivity index (χ0n) is 10.3. The summed E-state index contributed by atoms with van der Waals surface area (Å²) in [6.07, 6.45) is 0.763. The molecule has 0 aliphatic carbocycles. The Balaban J connectivity index is 2.05. The number of furan rings is 1. The van der Waals surface area contributed by atoms with Gasteiger partial charge in [0.05, 0.1) is 12.3 Å². The SMILES string of the molecule is CCS(=O)(=O)NCCCNCc1ccc(C)o1. The third-order valence-corrected chi connectivity index (χ3v) is 3.73. The summed E-state index contributed by atoms with van der Waals surface area (Å²) in [5.74, 6) is 1.93. The van der Waals surface area contributed by atoms with Crippen LogP contribution in [0, 0.1) is 6.92 Å². The van der Waals surface area contributed by atoms with Crippen LogP contribution < -0.4 is 10.0 Å². The number of hydrogen-bond acceptors (Lipinski definition) is 4. The van der Waals surface area contributed by atoms with Crippen molar-refractivity contribution in [1.82, 2.24) is 10.0 Å². The lowest BCUT2D eigenvalue weighted by molar-refractivity contribution is 0.460. The molecule has 0 aromatic carbocycles. The molecule has 0 fully saturated rings. The summed E-state index contributed by atoms with van der Waals surface area (Å²) >= 11 is 0. The van der Waals surface area contributed by atoms with Gasteiger partial charge in [-0.1, -0.05) is 0 Å². The van der Waals surface area contributed by atoms with E-state index in [9.17, 15) is 8.42 Å². The van der Waals surface area contributed by atoms with E-state index in [1.165, 1.54) is 0 Å². The highest BCUT2D eigenvalue weighted by Gasteiger charge is 2.04. The van der Waals surface area contributed by atoms with E-state index in [4.69, 9.17) is 4.42 Å². The molecule has 0 amide bonds. The Kier molecular flexibility index (Phi) is 5.67. The Hall–Kier alpha value is -0.850. The summed E-state index contributed by atoms with van der Waals surface area (Å²) in [7, 11) is -3.05. The minimum Gasteiger partial charge on any atom is -0.465 e. The van der Waals surface area contributed by atoms with Gasteiger partial charge in [0.1, 0.15) is 11.5 Å². The Labute approximate surface area is 103 Å². The first-order chi connectivity index (χ1) is 8.03. The molecule has 1 aromatic heterocycles. The second kappa shape index (κ2) is 6.78. The van der Waals surface area contributed by atoms with Crippen molar-refractivity contribution < 1.29 is 12.8 Å². The molecule has 0 saturated heterocycles. The fraction of sp³-hybridized carbons (Fsp3) is 0.636. The molecule has 0 bridgehead atoms. The maximum Gasteiger partial charge on any atom is 0.211 e. The molecule has 1 aromatic rings. The molecule has 0 radical (unpaired) electrons. The molecule has 0 unspecified atom stereocenters. The monoisotopic (exact) mass is 260 g/mol. The van der Waals surface area contributed by atoms with Crippen molar-refractivity contribution in [2.45, 2.75) is 26.8 Å². The van der Waals surface area contributed by atoms with Crippen molar-refractivity contribution in [1.29, 1.82) is 0 Å². The molecular weight excluding hydrogens is 240 g/mol. The first kappa shape index (κ1) is 14.2. The van der Waals surface area contributed by atoms with Gasteiger partial charge in [0, 0.05) is 6.54 Å². The molecule has 2 N–H and O–H groups in total. The molecule has 98 valence electrons. The van der Waals surface area contributed by atoms with Crippen LogP contribution in [0.5, 0.6) is 0 Å². The molecular formula is C11H20N2O3S. The fourth-order valence-corrected chi connectivity index (χ4v) is 1.99. The van der Waals surface area contributed by atoms with Gasteiger partial charge in [0.2, 0.25) is 10.0 Å². The van der Waals surface area contributed by atoms with E-state index < -0.39 is 10.0 Å². The highest BCUT2D eigenvalue weighted by atomic mass is 32.2. The second-order valence-electron chi connectivity index (χ2n) is 3.84. The first-order valence-corrected chi connectivity index (χ1v) is 7.42. The third-order valence-electron chi connectivity index (χ3n) is 2.33. The van der Waals surface area contributed by atoms with Gasteiger partial charge in [-0.3, -0.25) is 0 Å². The number of aryl methyl sites for hydroxylation is 1. The zero-order chi connectivity index (χ0) is 12.7. The van der Waals surface area contributed by atoms with Gasteiger partial charge in [-0.15, -0.1) is 0 Å². The first-order valence-electron chi connectivity index (χ1n) is 5.77. The lowest BCUT2D eigenvalue weighted by Gasteiger charge is -2.05. The van der Waals surface area contributed by atoms with Crippen LogP contribution in [-0.4, -0.2) is 27.3 Å². The molecule has 5 nitrogen and oxygen atoms in total. The van der Waals surface area contributed by atoms with E-state index in [0.29, 0.717) is 13.1 Å². The molecule has 6 heteroatoms. The van der Waals surface area contributed by atoms with Gasteiger partial charge in [-0.05, 0) is 38.9 Å². The molecule has 0 saturated carbocycles. The maximum absolute atomic E-state index is 11.1. The van der Waals surface area contributed by atoms with Gasteiger partial charge in [0.15, 0.2) is 0 Å². The summed E-state index contributed by atoms with van der Waals surface area (Å²) in [6, 6.07) is 3.86. The van der Waals surface area contributed by atoms with Crippen molar-refractivity contribution in [3.05, 3.63) is 23.7 Å². The van der Waals surface area contributed by atoms with E-state index in [-0.39, 0.29) is 5.75 Å². The summed E-state index contributed by atoms with van der Waals surface area (Å²) in [5.41, 5.74) is 0. The van der Waals surface area contributed by atoms with Crippen LogP contribution in [0.2, 0.25) is 0 Å². The Morgan fingerprint density at radius 2 is 2.06 bits per heavy atom. The number of sulfonamides is 1. The summed E-state index contributed by atoms with van der Waals surface area (Å²) in [4.78, 5) is 0. The van der Waals surface area contributed by atoms with Crippen molar-refractivity contribution in [3.8, 4) is 0 Å². The fourth-order valence-electron chi connectivity index (χ4n) is 1.33. The van der Waals surface area contributed by atoms with Gasteiger partial charge < -0.3 is 9.73 Å². The van der Waals surface area contributed by atoms with Crippen LogP contribution in [0.15, 0.2) is 16.5 Å². The van der Waals surface area contributed by atoms with Crippen LogP contribution >= 0.6 is 0 Å². The van der Waals surface area contributed by atoms with Gasteiger partial charge in [0.25, 0.3) is 0 Å². The largest absolute Gasteiger partial charge is 0.465 e. The van der Waals surface area contributed by atoms with Crippen LogP contribution in [0.25, 0.3) is 0 Å². The maximum atomic E-state index is 11.1. The highest BCUT2D eigenvalue weighted by Crippen LogP contribution is 2.05. The molecule has 0 spiro atoms. The summed E-state index contributed by atoms with van der Waals surface area (Å²) in [6.45, 7) is 5.43. The average Bonchev–Trinajstić information content (AvgIpc) is 2.69. The molecule has 0 atom stereocenters. The second-order valence-corrected chi connectivity index (χ2v) is 5.94. The predicted octanol–water partition coefficient (Wildman–Crippen LogP) is 1.01. The van der Waals surface area contributed by atoms with E-state index in [1.54, 1.807) is 6.92 Å². The molecule has 0 aliphatic heterocycles. The predicted molar refractivity (Wildman–Crippen MR) is 67.2 cm³/mol. The Morgan fingerprint density at radius 1 is 1.29 bits per heavy atom. The lowest BCUT2D eigenvalue weighted by atomic mass is 10.4. The lowest BCUT2D eigenvalue weighted by Crippen LogP contribution is -2.28. The molecule has 1 rings (SSSR count). The third kappa shape index (κ3) is 5.86. The molecule has 0 aliphatic rings. The zero-order valence-corrected chi connectivity index (χ0v) is 11.1. The Bertz CT molecular complexity index is 426. The quantitative estimate of drug-likeness (QED) is 0.684. The summed E-state index contributed by atoms with van der Waals surface area (Å²) in [5, 5.41) is 3.19. The smallest absolute Gasteiger partial charge is 0.211 e. The Morgan fingerprint density at radius 3 is 2.65 bits per heavy atom. The molecule has 17 heavy (non-hydrogen) atoms. The normalized spacial score (nSPS) is 11.9. The van der Waals surface area contributed by atoms with E-state index in [2.05, 4.69) is 10.0 Å². The van der Waals surface area contributed by atoms with Crippen LogP contribution in [0.4, 0.5) is 0 Å². The van der Waals surface area contributed by atoms with E-state index >= 15 is 0 Å². The number of hydrogen-bond donors (Lipinski definition) is 2. The highest BCUT2D eigenvalue weighted by molar-refractivity contribution is 7.89. The minimum absolute atomic E-state index is 0.131. The van der Waals surface area contributed by atoms with Crippen molar-refractivity contribution in [3.63, 3.8) is 0 Å². The average molecular weight is 260 g/mol. The van der Waals surface area contributed by atoms with Crippen LogP contribution in [0.3, 0.4) is 0 Å². The summed E-state index contributed by atoms with van der Waals surface area (Å²) < 4.78 is 30.1. The number of rotatable bonds is 8. The number of nitrogens with one attached hydrogen (secondary N) is 2. The topological polar surface area (TPSA) is 71.3 Å². The van der Waals surface area contributed by atoms with Gasteiger partial charge >= 0.3 is 0 Å². The molecule has 1 heterocycles. The minimum atomic E-state index is -3.05.